The van der Waals surface area contributed by atoms with E-state index < -0.39 is 5.97 Å². The molecule has 4 heterocycles. The van der Waals surface area contributed by atoms with Crippen molar-refractivity contribution in [3.63, 3.8) is 0 Å². The summed E-state index contributed by atoms with van der Waals surface area (Å²) in [7, 11) is 0. The van der Waals surface area contributed by atoms with Crippen LogP contribution in [0, 0.1) is 25.2 Å². The van der Waals surface area contributed by atoms with E-state index in [2.05, 4.69) is 174 Å². The average molecular weight is 1030 g/mol. The van der Waals surface area contributed by atoms with E-state index in [9.17, 15) is 15.2 Å². The molecule has 10 rings (SSSR count). The van der Waals surface area contributed by atoms with E-state index in [1.54, 1.807) is 22.7 Å². The molecule has 0 fully saturated rings. The van der Waals surface area contributed by atoms with E-state index in [1.807, 2.05) is 34.8 Å². The molecule has 0 aliphatic heterocycles. The third-order valence-electron chi connectivity index (χ3n) is 14.7. The number of nitriles is 1. The molecule has 0 amide bonds. The van der Waals surface area contributed by atoms with Gasteiger partial charge in [-0.1, -0.05) is 139 Å². The Morgan fingerprint density at radius 1 is 0.575 bits per heavy atom. The van der Waals surface area contributed by atoms with E-state index in [0.29, 0.717) is 0 Å². The molecule has 0 spiro atoms. The van der Waals surface area contributed by atoms with Crippen molar-refractivity contribution in [2.45, 2.75) is 111 Å². The van der Waals surface area contributed by atoms with Gasteiger partial charge in [0.25, 0.3) is 0 Å². The van der Waals surface area contributed by atoms with Gasteiger partial charge in [-0.15, -0.1) is 45.3 Å². The van der Waals surface area contributed by atoms with Gasteiger partial charge in [0.05, 0.1) is 0 Å². The van der Waals surface area contributed by atoms with Gasteiger partial charge in [0, 0.05) is 61.1 Å². The molecule has 0 radical (unpaired) electrons. The predicted molar refractivity (Wildman–Crippen MR) is 316 cm³/mol. The van der Waals surface area contributed by atoms with Gasteiger partial charge in [-0.3, -0.25) is 0 Å². The summed E-state index contributed by atoms with van der Waals surface area (Å²) in [5.41, 5.74) is 17.6. The number of fused-ring (bicyclic) bond motifs is 4. The molecular weight excluding hydrogens is 969 g/mol. The molecule has 1 N–H and O–H groups in total. The number of carboxylic acids is 1. The summed E-state index contributed by atoms with van der Waals surface area (Å²) >= 11 is 7.16. The fourth-order valence-corrected chi connectivity index (χ4v) is 15.7. The zero-order valence-corrected chi connectivity index (χ0v) is 46.0. The second-order valence-electron chi connectivity index (χ2n) is 20.1. The van der Waals surface area contributed by atoms with Gasteiger partial charge < -0.3 is 10.0 Å². The normalized spacial score (nSPS) is 12.8. The summed E-state index contributed by atoms with van der Waals surface area (Å²) in [6.45, 7) is 13.7. The number of hydrogen-bond donors (Lipinski definition) is 1. The largest absolute Gasteiger partial charge is 0.477 e. The molecule has 73 heavy (non-hydrogen) atoms. The van der Waals surface area contributed by atoms with E-state index in [4.69, 9.17) is 0 Å². The number of anilines is 3. The molecule has 0 saturated heterocycles. The number of aliphatic carboxylic acids is 1. The lowest BCUT2D eigenvalue weighted by Crippen LogP contribution is -2.16. The fraction of sp³-hybridized carbons (Fsp3) is 0.262. The van der Waals surface area contributed by atoms with Crippen LogP contribution in [-0.2, 0) is 23.1 Å². The number of hydrogen-bond acceptors (Lipinski definition) is 7. The van der Waals surface area contributed by atoms with Gasteiger partial charge in [0.2, 0.25) is 0 Å². The Balaban J connectivity index is 1.03. The van der Waals surface area contributed by atoms with E-state index in [0.717, 1.165) is 44.2 Å². The molecule has 8 heteroatoms. The SMILES string of the molecule is CCCCCCc1cc(-c2sc(-c3cc4sc(/C=C(\C#N)C(=O)O)cc4s3)cc2CCCCCC)sc1-c1ccc(N(c2ccc(-c3ccccc3C)c(C)c2)c2ccc3c(c2)C(C)(C)c2ccccc2-3)cc1. The molecule has 0 atom stereocenters. The molecule has 4 aromatic heterocycles. The Hall–Kier alpha value is -6.34. The summed E-state index contributed by atoms with van der Waals surface area (Å²) in [4.78, 5) is 21.4. The Bertz CT molecular complexity index is 3520. The Labute approximate surface area is 447 Å². The first kappa shape index (κ1) is 50.2. The standard InChI is InChI=1S/C65H62N2O2S4/c1-7-9-11-13-20-44-36-61(63-45(21-14-12-10-8-2)35-57(72-63)60-39-59-58(71-60)38-50(70-59)34-46(40-66)64(68)69)73-62(44)43-25-27-47(28-26-43)67(48-29-31-52(42(4)33-48)51-22-16-15-19-41(51)3)49-30-32-54-53-23-17-18-24-55(53)65(5,6)56(54)37-49/h15-19,22-39H,7-14,20-21H2,1-6H3,(H,68,69)/b46-34+. The Morgan fingerprint density at radius 2 is 1.15 bits per heavy atom. The van der Waals surface area contributed by atoms with Gasteiger partial charge in [-0.05, 0) is 167 Å². The lowest BCUT2D eigenvalue weighted by Gasteiger charge is -2.29. The monoisotopic (exact) mass is 1030 g/mol. The van der Waals surface area contributed by atoms with E-state index >= 15 is 0 Å². The summed E-state index contributed by atoms with van der Waals surface area (Å²) < 4.78 is 2.23. The maximum absolute atomic E-state index is 11.6. The van der Waals surface area contributed by atoms with Crippen LogP contribution in [0.25, 0.3) is 67.7 Å². The van der Waals surface area contributed by atoms with Gasteiger partial charge in [0.15, 0.2) is 0 Å². The molecular formula is C65H62N2O2S4. The molecule has 0 saturated carbocycles. The van der Waals surface area contributed by atoms with E-state index in [-0.39, 0.29) is 11.0 Å². The summed E-state index contributed by atoms with van der Waals surface area (Å²) in [5, 5.41) is 18.8. The van der Waals surface area contributed by atoms with Crippen LogP contribution in [0.3, 0.4) is 0 Å². The maximum Gasteiger partial charge on any atom is 0.346 e. The van der Waals surface area contributed by atoms with Gasteiger partial charge >= 0.3 is 5.97 Å². The highest BCUT2D eigenvalue weighted by Crippen LogP contribution is 2.52. The zero-order valence-electron chi connectivity index (χ0n) is 42.7. The smallest absolute Gasteiger partial charge is 0.346 e. The highest BCUT2D eigenvalue weighted by Gasteiger charge is 2.36. The van der Waals surface area contributed by atoms with Crippen molar-refractivity contribution in [2.24, 2.45) is 0 Å². The molecule has 1 aliphatic rings. The quantitative estimate of drug-likeness (QED) is 0.0498. The lowest BCUT2D eigenvalue weighted by atomic mass is 9.82. The Morgan fingerprint density at radius 3 is 1.82 bits per heavy atom. The van der Waals surface area contributed by atoms with Crippen molar-refractivity contribution < 1.29 is 9.90 Å². The molecule has 0 unspecified atom stereocenters. The second-order valence-corrected chi connectivity index (χ2v) is 24.4. The third-order valence-corrected chi connectivity index (χ3v) is 19.7. The van der Waals surface area contributed by atoms with E-state index in [1.165, 1.54) is 143 Å². The first-order chi connectivity index (χ1) is 35.4. The maximum atomic E-state index is 11.6. The number of nitrogens with zero attached hydrogens (tertiary/aromatic N) is 2. The average Bonchev–Trinajstić information content (AvgIpc) is 4.22. The molecule has 4 nitrogen and oxygen atoms in total. The minimum atomic E-state index is -1.20. The fourth-order valence-electron chi connectivity index (χ4n) is 10.7. The minimum Gasteiger partial charge on any atom is -0.477 e. The number of carbonyl (C=O) groups is 1. The van der Waals surface area contributed by atoms with Crippen molar-refractivity contribution in [1.29, 1.82) is 5.26 Å². The van der Waals surface area contributed by atoms with Gasteiger partial charge in [-0.2, -0.15) is 5.26 Å². The van der Waals surface area contributed by atoms with Crippen LogP contribution in [0.5, 0.6) is 0 Å². The van der Waals surface area contributed by atoms with Crippen LogP contribution < -0.4 is 4.90 Å². The first-order valence-electron chi connectivity index (χ1n) is 25.9. The lowest BCUT2D eigenvalue weighted by molar-refractivity contribution is -0.132. The Kier molecular flexibility index (Phi) is 14.9. The predicted octanol–water partition coefficient (Wildman–Crippen LogP) is 20.4. The summed E-state index contributed by atoms with van der Waals surface area (Å²) in [5.74, 6) is -1.20. The molecule has 9 aromatic rings. The van der Waals surface area contributed by atoms with Crippen molar-refractivity contribution in [1.82, 2.24) is 0 Å². The van der Waals surface area contributed by atoms with Crippen molar-refractivity contribution in [3.8, 4) is 58.3 Å². The number of unbranched alkanes of at least 4 members (excludes halogenated alkanes) is 6. The highest BCUT2D eigenvalue weighted by molar-refractivity contribution is 7.32. The molecule has 368 valence electrons. The molecule has 1 aliphatic carbocycles. The molecule has 5 aromatic carbocycles. The number of benzene rings is 5. The second kappa shape index (κ2) is 21.6. The number of carboxylic acid groups (broad SMARTS) is 1. The van der Waals surface area contributed by atoms with Crippen LogP contribution in [0.1, 0.15) is 117 Å². The number of thiophene rings is 4. The topological polar surface area (TPSA) is 64.3 Å². The van der Waals surface area contributed by atoms with Gasteiger partial charge in [-0.25, -0.2) is 4.79 Å². The van der Waals surface area contributed by atoms with Crippen molar-refractivity contribution in [2.75, 3.05) is 4.90 Å². The van der Waals surface area contributed by atoms with Crippen molar-refractivity contribution >= 4 is 83.9 Å². The third kappa shape index (κ3) is 10.2. The number of aryl methyl sites for hydroxylation is 4. The van der Waals surface area contributed by atoms with Crippen molar-refractivity contribution in [3.05, 3.63) is 177 Å². The van der Waals surface area contributed by atoms with Crippen LogP contribution in [-0.4, -0.2) is 11.1 Å². The zero-order chi connectivity index (χ0) is 50.8. The summed E-state index contributed by atoms with van der Waals surface area (Å²) in [6, 6.07) is 52.1. The van der Waals surface area contributed by atoms with Crippen LogP contribution in [0.15, 0.2) is 139 Å². The molecule has 0 bridgehead atoms. The van der Waals surface area contributed by atoms with Crippen LogP contribution >= 0.6 is 45.3 Å². The first-order valence-corrected chi connectivity index (χ1v) is 29.2. The van der Waals surface area contributed by atoms with Crippen LogP contribution in [0.2, 0.25) is 0 Å². The summed E-state index contributed by atoms with van der Waals surface area (Å²) in [6.07, 6.45) is 13.3. The highest BCUT2D eigenvalue weighted by atomic mass is 32.1. The minimum absolute atomic E-state index is 0.123. The van der Waals surface area contributed by atoms with Crippen LogP contribution in [0.4, 0.5) is 17.1 Å². The van der Waals surface area contributed by atoms with Gasteiger partial charge in [0.1, 0.15) is 11.6 Å². The number of rotatable bonds is 19.